The molecule has 8 aliphatic rings. The fourth-order valence-corrected chi connectivity index (χ4v) is 19.9. The van der Waals surface area contributed by atoms with E-state index in [9.17, 15) is 30.6 Å². The van der Waals surface area contributed by atoms with Crippen LogP contribution >= 0.6 is 0 Å². The molecule has 133 heavy (non-hydrogen) atoms. The summed E-state index contributed by atoms with van der Waals surface area (Å²) < 4.78 is 41.3. The quantitative estimate of drug-likeness (QED) is 0.0212. The average Bonchev–Trinajstić information content (AvgIpc) is 1.67. The second-order valence-corrected chi connectivity index (χ2v) is 41.2. The minimum absolute atomic E-state index is 0.281. The lowest BCUT2D eigenvalue weighted by molar-refractivity contribution is 0.103. The van der Waals surface area contributed by atoms with Gasteiger partial charge < -0.3 is 63.8 Å². The lowest BCUT2D eigenvalue weighted by Crippen LogP contribution is -2.19. The number of ether oxygens (including phenoxy) is 7. The van der Waals surface area contributed by atoms with Crippen molar-refractivity contribution in [1.82, 2.24) is 0 Å². The zero-order chi connectivity index (χ0) is 94.7. The number of hydrogen-bond donors (Lipinski definition) is 6. The zero-order valence-corrected chi connectivity index (χ0v) is 84.6. The van der Waals surface area contributed by atoms with Crippen LogP contribution in [0.2, 0.25) is 0 Å². The number of aliphatic hydroxyl groups is 6. The Labute approximate surface area is 807 Å². The first-order valence-corrected chi connectivity index (χ1v) is 54.0. The third-order valence-corrected chi connectivity index (χ3v) is 30.3. The molecule has 8 aliphatic carbocycles. The molecule has 15 rings (SSSR count). The second kappa shape index (κ2) is 62.7. The fraction of sp³-hybridized carbons (Fsp3) is 0.650. The van der Waals surface area contributed by atoms with E-state index in [2.05, 4.69) is 100 Å². The molecule has 13 heteroatoms. The molecule has 8 fully saturated rings. The van der Waals surface area contributed by atoms with Crippen molar-refractivity contribution in [2.75, 3.05) is 46.2 Å². The molecular weight excluding hydrogens is 1650 g/mol. The Balaban J connectivity index is 0.000000175. The van der Waals surface area contributed by atoms with Gasteiger partial charge in [-0.15, -0.1) is 0 Å². The molecule has 7 aromatic rings. The van der Waals surface area contributed by atoms with Gasteiger partial charge in [0.25, 0.3) is 0 Å². The molecule has 0 saturated heterocycles. The smallest absolute Gasteiger partial charge is 0.119 e. The van der Waals surface area contributed by atoms with E-state index in [0.29, 0.717) is 29.6 Å². The van der Waals surface area contributed by atoms with Crippen molar-refractivity contribution in [2.45, 2.75) is 376 Å². The van der Waals surface area contributed by atoms with E-state index in [1.807, 2.05) is 146 Å². The van der Waals surface area contributed by atoms with Crippen LogP contribution in [0.1, 0.15) is 409 Å². The van der Waals surface area contributed by atoms with Crippen molar-refractivity contribution in [3.63, 3.8) is 0 Å². The standard InChI is InChI=1S/C19H30O2.C18H26O2.3C18H28O2.C15H22O.C14H20O2/c1-3-16(4-2)19(20)17-11-8-12-18(13-17)21-14-15-9-6-5-7-10-15;1-2-4-18(19)15-5-3-6-17(11-15)20-12-16-10-13-7-8-14(16)9-13;3*1-3-14(2)18(19)16-10-7-11-17(12-16)20-13-15-8-5-4-6-9-15;1-2-3-6-13-7-5-10-15(11-13)16-12-14-8-4-9-14;1-2-4-14(15)12-5-3-6-13(9-12)16-10-11-7-8-11/h8,11-13,15-16,19-20H,3-7,9-10,14H2,1-2H3;3,5-6,11,13-14,16,18-19H,2,4,7-10,12H2,1H3;3*7,10-12,14-15,18-19H,3-6,8-9,13H2,1-2H3;5,7,10-11,14H,2-4,6,8-9,12H2,1H3;3,5-6,9,11,14-15H,2,4,7-8,10H2,1H3/t19-;;2*14-,18+;14-,18-;;/m1.101../s1. The Hall–Kier alpha value is -7.10. The summed E-state index contributed by atoms with van der Waals surface area (Å²) in [7, 11) is 0. The van der Waals surface area contributed by atoms with Crippen molar-refractivity contribution >= 4 is 0 Å². The highest BCUT2D eigenvalue weighted by molar-refractivity contribution is 5.36. The number of rotatable bonds is 43. The van der Waals surface area contributed by atoms with Gasteiger partial charge >= 0.3 is 0 Å². The summed E-state index contributed by atoms with van der Waals surface area (Å²) in [6, 6.07) is 56.4. The minimum Gasteiger partial charge on any atom is -0.493 e. The van der Waals surface area contributed by atoms with Gasteiger partial charge in [-0.05, 0) is 323 Å². The van der Waals surface area contributed by atoms with Crippen molar-refractivity contribution in [3.05, 3.63) is 209 Å². The summed E-state index contributed by atoms with van der Waals surface area (Å²) in [6.07, 6.45) is 49.1. The molecule has 0 spiro atoms. The van der Waals surface area contributed by atoms with E-state index >= 15 is 0 Å². The first kappa shape index (κ1) is 110. The van der Waals surface area contributed by atoms with E-state index in [0.717, 1.165) is 207 Å². The molecule has 5 unspecified atom stereocenters. The molecule has 6 N–H and O–H groups in total. The molecule has 0 aromatic heterocycles. The summed E-state index contributed by atoms with van der Waals surface area (Å²) in [5.41, 5.74) is 7.27. The van der Waals surface area contributed by atoms with Crippen LogP contribution in [0.25, 0.3) is 0 Å². The van der Waals surface area contributed by atoms with Gasteiger partial charge in [0, 0.05) is 0 Å². The highest BCUT2D eigenvalue weighted by Gasteiger charge is 2.40. The van der Waals surface area contributed by atoms with Crippen LogP contribution in [0.4, 0.5) is 0 Å². The maximum atomic E-state index is 10.5. The van der Waals surface area contributed by atoms with E-state index in [1.165, 1.54) is 211 Å². The first-order chi connectivity index (χ1) is 64.8. The number of benzene rings is 7. The number of aliphatic hydroxyl groups excluding tert-OH is 6. The van der Waals surface area contributed by atoms with E-state index in [-0.39, 0.29) is 36.1 Å². The molecule has 0 aliphatic heterocycles. The van der Waals surface area contributed by atoms with E-state index in [4.69, 9.17) is 33.2 Å². The summed E-state index contributed by atoms with van der Waals surface area (Å²) in [5, 5.41) is 61.2. The summed E-state index contributed by atoms with van der Waals surface area (Å²) in [5.74, 6) is 14.7. The summed E-state index contributed by atoms with van der Waals surface area (Å²) in [6.45, 7) is 29.2. The normalized spacial score (nSPS) is 20.1. The third kappa shape index (κ3) is 40.5. The van der Waals surface area contributed by atoms with Crippen molar-refractivity contribution in [1.29, 1.82) is 0 Å². The minimum atomic E-state index is -0.391. The maximum absolute atomic E-state index is 10.5. The molecule has 7 aromatic carbocycles. The monoisotopic (exact) mass is 1830 g/mol. The Morgan fingerprint density at radius 1 is 0.271 bits per heavy atom. The zero-order valence-electron chi connectivity index (χ0n) is 84.6. The highest BCUT2D eigenvalue weighted by atomic mass is 16.5. The molecule has 8 saturated carbocycles. The summed E-state index contributed by atoms with van der Waals surface area (Å²) >= 11 is 0. The molecule has 740 valence electrons. The van der Waals surface area contributed by atoms with E-state index in [1.54, 1.807) is 0 Å². The SMILES string of the molecule is CCC(CC)[C@@H](O)c1cccc(OCC2CCCCC2)c1.CCCC(O)c1cccc(OCC2CC2)c1.CCCC(O)c1cccc(OCC2CC3CCC2C3)c1.CCCCc1cccc(OCC2CCC2)c1.CC[C@@H](C)[C@@H](O)c1cccc(OCC2CCCCC2)c1.CC[C@@H](C)[C@H](O)c1cccc(OCC2CCCCC2)c1.CC[C@H](C)[C@@H](O)c1cccc(OCC2CCCCC2)c1. The van der Waals surface area contributed by atoms with Crippen molar-refractivity contribution in [2.24, 2.45) is 76.9 Å². The Morgan fingerprint density at radius 2 is 0.556 bits per heavy atom. The molecule has 0 heterocycles. The van der Waals surface area contributed by atoms with Crippen molar-refractivity contribution < 1.29 is 63.8 Å². The Kier molecular flexibility index (Phi) is 51.6. The predicted octanol–water partition coefficient (Wildman–Crippen LogP) is 31.1. The topological polar surface area (TPSA) is 186 Å². The number of unbranched alkanes of at least 4 members (excludes halogenated alkanes) is 1. The lowest BCUT2D eigenvalue weighted by Gasteiger charge is -2.25. The van der Waals surface area contributed by atoms with Gasteiger partial charge in [0.15, 0.2) is 0 Å². The molecule has 0 amide bonds. The number of fused-ring (bicyclic) bond motifs is 2. The number of aryl methyl sites for hydroxylation is 1. The first-order valence-electron chi connectivity index (χ1n) is 54.0. The van der Waals surface area contributed by atoms with Gasteiger partial charge in [-0.2, -0.15) is 0 Å². The highest BCUT2D eigenvalue weighted by Crippen LogP contribution is 2.49. The molecular formula is C120H182O13. The molecule has 13 nitrogen and oxygen atoms in total. The average molecular weight is 1830 g/mol. The van der Waals surface area contributed by atoms with Gasteiger partial charge in [0.1, 0.15) is 40.2 Å². The van der Waals surface area contributed by atoms with E-state index < -0.39 is 18.3 Å². The van der Waals surface area contributed by atoms with Crippen molar-refractivity contribution in [3.8, 4) is 40.2 Å². The van der Waals surface area contributed by atoms with Gasteiger partial charge in [-0.1, -0.05) is 302 Å². The van der Waals surface area contributed by atoms with Gasteiger partial charge in [-0.3, -0.25) is 0 Å². The van der Waals surface area contributed by atoms with Crippen LogP contribution in [0.3, 0.4) is 0 Å². The second-order valence-electron chi connectivity index (χ2n) is 41.2. The third-order valence-electron chi connectivity index (χ3n) is 30.3. The van der Waals surface area contributed by atoms with Crippen LogP contribution in [0.5, 0.6) is 40.2 Å². The van der Waals surface area contributed by atoms with Crippen LogP contribution < -0.4 is 33.2 Å². The van der Waals surface area contributed by atoms with Gasteiger partial charge in [0.2, 0.25) is 0 Å². The number of hydrogen-bond acceptors (Lipinski definition) is 13. The molecule has 0 radical (unpaired) electrons. The van der Waals surface area contributed by atoms with Crippen LogP contribution in [-0.2, 0) is 6.42 Å². The van der Waals surface area contributed by atoms with Crippen LogP contribution in [0.15, 0.2) is 170 Å². The fourth-order valence-electron chi connectivity index (χ4n) is 19.9. The molecule has 2 bridgehead atoms. The predicted molar refractivity (Wildman–Crippen MR) is 549 cm³/mol. The molecule has 12 atom stereocenters. The van der Waals surface area contributed by atoms with Gasteiger partial charge in [0.05, 0.1) is 82.9 Å². The Bertz CT molecular complexity index is 3980. The van der Waals surface area contributed by atoms with Crippen LogP contribution in [0, 0.1) is 76.9 Å². The van der Waals surface area contributed by atoms with Gasteiger partial charge in [-0.25, -0.2) is 0 Å². The maximum Gasteiger partial charge on any atom is 0.119 e. The summed E-state index contributed by atoms with van der Waals surface area (Å²) in [4.78, 5) is 0. The van der Waals surface area contributed by atoms with Crippen LogP contribution in [-0.4, -0.2) is 76.9 Å². The Morgan fingerprint density at radius 3 is 0.827 bits per heavy atom. The lowest BCUT2D eigenvalue weighted by atomic mass is 9.86. The largest absolute Gasteiger partial charge is 0.493 e.